The lowest BCUT2D eigenvalue weighted by atomic mass is 9.96. The monoisotopic (exact) mass is 443 g/mol. The highest BCUT2D eigenvalue weighted by Crippen LogP contribution is 2.30. The number of anilines is 1. The molecule has 166 valence electrons. The minimum absolute atomic E-state index is 0.0844. The second-order valence-corrected chi connectivity index (χ2v) is 9.92. The van der Waals surface area contributed by atoms with E-state index in [1.165, 1.54) is 6.42 Å². The SMILES string of the molecule is COc1ccc(CNS(=O)(=O)c2ccc3c(c2)CCN3C(=O)NC2CCCCC2)cc1. The molecular weight excluding hydrogens is 414 g/mol. The molecular formula is C23H29N3O4S. The van der Waals surface area contributed by atoms with Gasteiger partial charge >= 0.3 is 6.03 Å². The van der Waals surface area contributed by atoms with Crippen LogP contribution in [-0.4, -0.2) is 34.1 Å². The number of rotatable bonds is 6. The number of sulfonamides is 1. The standard InChI is InChI=1S/C23H29N3O4S/c1-30-20-9-7-17(8-10-20)16-24-31(28,29)21-11-12-22-18(15-21)13-14-26(22)23(27)25-19-5-3-2-4-6-19/h7-12,15,19,24H,2-6,13-14,16H2,1H3,(H,25,27). The molecule has 4 rings (SSSR count). The van der Waals surface area contributed by atoms with Crippen LogP contribution in [-0.2, 0) is 23.0 Å². The first-order valence-electron chi connectivity index (χ1n) is 10.8. The van der Waals surface area contributed by atoms with Crippen molar-refractivity contribution in [1.29, 1.82) is 0 Å². The lowest BCUT2D eigenvalue weighted by Gasteiger charge is -2.26. The average molecular weight is 444 g/mol. The first kappa shape index (κ1) is 21.6. The summed E-state index contributed by atoms with van der Waals surface area (Å²) in [5, 5.41) is 3.14. The summed E-state index contributed by atoms with van der Waals surface area (Å²) in [4.78, 5) is 14.7. The number of nitrogens with zero attached hydrogens (tertiary/aromatic N) is 1. The molecule has 0 saturated heterocycles. The highest BCUT2D eigenvalue weighted by Gasteiger charge is 2.28. The molecule has 2 amide bonds. The molecule has 1 fully saturated rings. The maximum absolute atomic E-state index is 12.8. The summed E-state index contributed by atoms with van der Waals surface area (Å²) in [5.74, 6) is 0.724. The number of carbonyl (C=O) groups excluding carboxylic acids is 1. The predicted octanol–water partition coefficient (Wildman–Crippen LogP) is 3.58. The number of nitrogens with one attached hydrogen (secondary N) is 2. The molecule has 2 aromatic rings. The number of benzene rings is 2. The summed E-state index contributed by atoms with van der Waals surface area (Å²) in [6.07, 6.45) is 6.27. The Hall–Kier alpha value is -2.58. The lowest BCUT2D eigenvalue weighted by molar-refractivity contribution is 0.238. The predicted molar refractivity (Wildman–Crippen MR) is 120 cm³/mol. The first-order valence-corrected chi connectivity index (χ1v) is 12.3. The van der Waals surface area contributed by atoms with Gasteiger partial charge in [-0.25, -0.2) is 17.9 Å². The molecule has 7 nitrogen and oxygen atoms in total. The van der Waals surface area contributed by atoms with E-state index in [0.29, 0.717) is 13.0 Å². The van der Waals surface area contributed by atoms with Crippen molar-refractivity contribution >= 4 is 21.7 Å². The van der Waals surface area contributed by atoms with Crippen LogP contribution in [0.25, 0.3) is 0 Å². The average Bonchev–Trinajstić information content (AvgIpc) is 3.22. The topological polar surface area (TPSA) is 87.7 Å². The second kappa shape index (κ2) is 9.28. The van der Waals surface area contributed by atoms with Gasteiger partial charge in [0, 0.05) is 24.8 Å². The van der Waals surface area contributed by atoms with Gasteiger partial charge in [0.25, 0.3) is 0 Å². The van der Waals surface area contributed by atoms with Crippen molar-refractivity contribution in [2.45, 2.75) is 56.0 Å². The summed E-state index contributed by atoms with van der Waals surface area (Å²) in [7, 11) is -2.07. The molecule has 31 heavy (non-hydrogen) atoms. The number of fused-ring (bicyclic) bond motifs is 1. The van der Waals surface area contributed by atoms with Gasteiger partial charge < -0.3 is 10.1 Å². The van der Waals surface area contributed by atoms with Crippen LogP contribution in [0.15, 0.2) is 47.4 Å². The zero-order valence-electron chi connectivity index (χ0n) is 17.8. The number of ether oxygens (including phenoxy) is 1. The summed E-state index contributed by atoms with van der Waals surface area (Å²) >= 11 is 0. The van der Waals surface area contributed by atoms with Crippen molar-refractivity contribution in [1.82, 2.24) is 10.0 Å². The van der Waals surface area contributed by atoms with Gasteiger partial charge in [-0.05, 0) is 60.7 Å². The molecule has 0 spiro atoms. The van der Waals surface area contributed by atoms with Crippen molar-refractivity contribution in [3.63, 3.8) is 0 Å². The molecule has 0 unspecified atom stereocenters. The van der Waals surface area contributed by atoms with Crippen LogP contribution < -0.4 is 19.7 Å². The summed E-state index contributed by atoms with van der Waals surface area (Å²) in [6, 6.07) is 12.4. The zero-order chi connectivity index (χ0) is 21.8. The molecule has 1 aliphatic heterocycles. The van der Waals surface area contributed by atoms with Crippen LogP contribution in [0.5, 0.6) is 5.75 Å². The Labute approximate surface area is 183 Å². The van der Waals surface area contributed by atoms with E-state index in [1.54, 1.807) is 42.3 Å². The van der Waals surface area contributed by atoms with Crippen molar-refractivity contribution in [2.24, 2.45) is 0 Å². The van der Waals surface area contributed by atoms with Gasteiger partial charge in [0.2, 0.25) is 10.0 Å². The molecule has 1 heterocycles. The normalized spacial score (nSPS) is 16.7. The van der Waals surface area contributed by atoms with Crippen LogP contribution in [0.2, 0.25) is 0 Å². The summed E-state index contributed by atoms with van der Waals surface area (Å²) in [5.41, 5.74) is 2.52. The molecule has 0 atom stereocenters. The minimum Gasteiger partial charge on any atom is -0.497 e. The zero-order valence-corrected chi connectivity index (χ0v) is 18.6. The smallest absolute Gasteiger partial charge is 0.322 e. The Morgan fingerprint density at radius 2 is 1.84 bits per heavy atom. The van der Waals surface area contributed by atoms with Gasteiger partial charge in [0.15, 0.2) is 0 Å². The number of hydrogen-bond donors (Lipinski definition) is 2. The molecule has 2 aliphatic rings. The Balaban J connectivity index is 1.41. The Kier molecular flexibility index (Phi) is 6.48. The van der Waals surface area contributed by atoms with E-state index in [2.05, 4.69) is 10.0 Å². The van der Waals surface area contributed by atoms with E-state index < -0.39 is 10.0 Å². The molecule has 2 aromatic carbocycles. The van der Waals surface area contributed by atoms with Crippen LogP contribution in [0.4, 0.5) is 10.5 Å². The number of methoxy groups -OCH3 is 1. The van der Waals surface area contributed by atoms with Crippen molar-refractivity contribution in [2.75, 3.05) is 18.6 Å². The summed E-state index contributed by atoms with van der Waals surface area (Å²) in [6.45, 7) is 0.760. The molecule has 0 aromatic heterocycles. The van der Waals surface area contributed by atoms with Gasteiger partial charge in [0.1, 0.15) is 5.75 Å². The van der Waals surface area contributed by atoms with Gasteiger partial charge in [-0.3, -0.25) is 4.90 Å². The van der Waals surface area contributed by atoms with Crippen LogP contribution in [0.1, 0.15) is 43.2 Å². The fourth-order valence-electron chi connectivity index (χ4n) is 4.26. The van der Waals surface area contributed by atoms with Gasteiger partial charge in [-0.1, -0.05) is 31.4 Å². The van der Waals surface area contributed by atoms with Gasteiger partial charge in [0.05, 0.1) is 12.0 Å². The Bertz CT molecular complexity index is 1030. The molecule has 2 N–H and O–H groups in total. The van der Waals surface area contributed by atoms with Crippen molar-refractivity contribution < 1.29 is 17.9 Å². The maximum atomic E-state index is 12.8. The fourth-order valence-corrected chi connectivity index (χ4v) is 5.33. The van der Waals surface area contributed by atoms with E-state index >= 15 is 0 Å². The van der Waals surface area contributed by atoms with E-state index in [-0.39, 0.29) is 23.5 Å². The third kappa shape index (κ3) is 5.02. The quantitative estimate of drug-likeness (QED) is 0.714. The molecule has 0 radical (unpaired) electrons. The van der Waals surface area contributed by atoms with E-state index in [4.69, 9.17) is 4.74 Å². The fraction of sp³-hybridized carbons (Fsp3) is 0.435. The molecule has 1 saturated carbocycles. The molecule has 8 heteroatoms. The third-order valence-electron chi connectivity index (χ3n) is 6.06. The van der Waals surface area contributed by atoms with Crippen LogP contribution >= 0.6 is 0 Å². The van der Waals surface area contributed by atoms with E-state index in [0.717, 1.165) is 48.2 Å². The largest absolute Gasteiger partial charge is 0.497 e. The van der Waals surface area contributed by atoms with Gasteiger partial charge in [-0.15, -0.1) is 0 Å². The van der Waals surface area contributed by atoms with Crippen molar-refractivity contribution in [3.8, 4) is 5.75 Å². The molecule has 0 bridgehead atoms. The van der Waals surface area contributed by atoms with Crippen molar-refractivity contribution in [3.05, 3.63) is 53.6 Å². The minimum atomic E-state index is -3.66. The van der Waals surface area contributed by atoms with E-state index in [1.807, 2.05) is 12.1 Å². The Morgan fingerprint density at radius 3 is 2.55 bits per heavy atom. The highest BCUT2D eigenvalue weighted by atomic mass is 32.2. The highest BCUT2D eigenvalue weighted by molar-refractivity contribution is 7.89. The second-order valence-electron chi connectivity index (χ2n) is 8.15. The lowest BCUT2D eigenvalue weighted by Crippen LogP contribution is -2.45. The molecule has 1 aliphatic carbocycles. The number of hydrogen-bond acceptors (Lipinski definition) is 4. The number of urea groups is 1. The number of amides is 2. The first-order chi connectivity index (χ1) is 15.0. The van der Waals surface area contributed by atoms with Crippen LogP contribution in [0, 0.1) is 0 Å². The summed E-state index contributed by atoms with van der Waals surface area (Å²) < 4.78 is 33.3. The third-order valence-corrected chi connectivity index (χ3v) is 7.46. The van der Waals surface area contributed by atoms with Gasteiger partial charge in [-0.2, -0.15) is 0 Å². The van der Waals surface area contributed by atoms with E-state index in [9.17, 15) is 13.2 Å². The number of carbonyl (C=O) groups is 1. The van der Waals surface area contributed by atoms with Crippen LogP contribution in [0.3, 0.4) is 0 Å². The Morgan fingerprint density at radius 1 is 1.10 bits per heavy atom. The maximum Gasteiger partial charge on any atom is 0.322 e.